The van der Waals surface area contributed by atoms with Crippen molar-refractivity contribution in [1.29, 1.82) is 0 Å². The van der Waals surface area contributed by atoms with Gasteiger partial charge in [0.15, 0.2) is 5.78 Å². The Labute approximate surface area is 172 Å². The lowest BCUT2D eigenvalue weighted by Gasteiger charge is -2.13. The lowest BCUT2D eigenvalue weighted by atomic mass is 10.2. The third kappa shape index (κ3) is 5.21. The molecule has 2 aromatic rings. The first-order valence-corrected chi connectivity index (χ1v) is 8.92. The molecule has 1 N–H and O–H groups in total. The first-order chi connectivity index (χ1) is 13.3. The minimum atomic E-state index is -1.33. The van der Waals surface area contributed by atoms with Gasteiger partial charge in [-0.2, -0.15) is 10.2 Å². The van der Waals surface area contributed by atoms with Crippen LogP contribution in [-0.4, -0.2) is 32.0 Å². The topological polar surface area (TPSA) is 89.4 Å². The molecule has 0 aliphatic carbocycles. The van der Waals surface area contributed by atoms with Crippen molar-refractivity contribution < 1.29 is 19.1 Å². The Bertz CT molecular complexity index is 906. The maximum absolute atomic E-state index is 12.6. The van der Waals surface area contributed by atoms with E-state index >= 15 is 0 Å². The number of nitrogens with zero attached hydrogens (tertiary/aromatic N) is 2. The molecule has 0 spiro atoms. The molecule has 0 aliphatic heterocycles. The molecule has 1 amide bonds. The van der Waals surface area contributed by atoms with Crippen LogP contribution in [0.4, 0.5) is 11.4 Å². The number of benzene rings is 2. The van der Waals surface area contributed by atoms with Crippen molar-refractivity contribution in [3.8, 4) is 11.5 Å². The van der Waals surface area contributed by atoms with E-state index in [1.54, 1.807) is 18.2 Å². The molecule has 0 heterocycles. The van der Waals surface area contributed by atoms with E-state index in [0.717, 1.165) is 5.56 Å². The number of Topliss-reactive ketones (excluding diaryl/α,β-unsaturated/α-hetero) is 1. The number of carbonyl (C=O) groups is 2. The van der Waals surface area contributed by atoms with Gasteiger partial charge in [-0.25, -0.2) is 0 Å². The number of aryl methyl sites for hydroxylation is 1. The molecule has 1 unspecified atom stereocenters. The summed E-state index contributed by atoms with van der Waals surface area (Å²) < 4.78 is 10.3. The fraction of sp³-hybridized carbons (Fsp3) is 0.263. The number of methoxy groups -OCH3 is 2. The minimum absolute atomic E-state index is 0.266. The van der Waals surface area contributed by atoms with Crippen LogP contribution >= 0.6 is 23.2 Å². The van der Waals surface area contributed by atoms with E-state index in [-0.39, 0.29) is 5.02 Å². The molecule has 2 rings (SSSR count). The molecular weight excluding hydrogens is 405 g/mol. The summed E-state index contributed by atoms with van der Waals surface area (Å²) in [5.74, 6) is -0.491. The molecule has 0 radical (unpaired) electrons. The molecule has 0 aliphatic rings. The number of halogens is 2. The summed E-state index contributed by atoms with van der Waals surface area (Å²) in [6, 6.07) is 6.78. The predicted molar refractivity (Wildman–Crippen MR) is 108 cm³/mol. The zero-order chi connectivity index (χ0) is 20.8. The Morgan fingerprint density at radius 1 is 1.07 bits per heavy atom. The van der Waals surface area contributed by atoms with Crippen LogP contribution in [-0.2, 0) is 9.59 Å². The van der Waals surface area contributed by atoms with Gasteiger partial charge in [-0.05, 0) is 31.5 Å². The Kier molecular flexibility index (Phi) is 7.37. The van der Waals surface area contributed by atoms with Crippen LogP contribution in [0.25, 0.3) is 0 Å². The van der Waals surface area contributed by atoms with E-state index < -0.39 is 17.7 Å². The van der Waals surface area contributed by atoms with E-state index in [9.17, 15) is 9.59 Å². The number of hydrogen-bond acceptors (Lipinski definition) is 6. The minimum Gasteiger partial charge on any atom is -0.495 e. The summed E-state index contributed by atoms with van der Waals surface area (Å²) in [4.78, 5) is 24.5. The van der Waals surface area contributed by atoms with E-state index in [0.29, 0.717) is 27.9 Å². The Morgan fingerprint density at radius 2 is 1.68 bits per heavy atom. The van der Waals surface area contributed by atoms with Gasteiger partial charge in [0.05, 0.1) is 19.9 Å². The monoisotopic (exact) mass is 423 g/mol. The van der Waals surface area contributed by atoms with Gasteiger partial charge in [-0.15, -0.1) is 0 Å². The quantitative estimate of drug-likeness (QED) is 0.501. The Balaban J connectivity index is 2.28. The largest absolute Gasteiger partial charge is 0.495 e. The number of ether oxygens (including phenoxy) is 2. The standard InChI is InChI=1S/C19H19Cl2N3O4/c1-10-5-6-12(20)7-14(10)23-24-18(11(2)25)19(26)22-13-8-15(27-3)17(21)16(9-13)28-4/h5-9,18H,1-4H3,(H,22,26). The second-order valence-electron chi connectivity index (χ2n) is 5.84. The smallest absolute Gasteiger partial charge is 0.258 e. The maximum atomic E-state index is 12.6. The van der Waals surface area contributed by atoms with Crippen molar-refractivity contribution in [1.82, 2.24) is 0 Å². The SMILES string of the molecule is COc1cc(NC(=O)C(N=Nc2cc(Cl)ccc2C)C(C)=O)cc(OC)c1Cl. The fourth-order valence-corrected chi connectivity index (χ4v) is 2.71. The van der Waals surface area contributed by atoms with Crippen molar-refractivity contribution >= 4 is 46.3 Å². The van der Waals surface area contributed by atoms with Gasteiger partial charge < -0.3 is 14.8 Å². The van der Waals surface area contributed by atoms with Gasteiger partial charge >= 0.3 is 0 Å². The van der Waals surface area contributed by atoms with Crippen molar-refractivity contribution in [2.45, 2.75) is 19.9 Å². The summed E-state index contributed by atoms with van der Waals surface area (Å²) in [5, 5.41) is 11.3. The first-order valence-electron chi connectivity index (χ1n) is 8.16. The predicted octanol–water partition coefficient (Wildman–Crippen LogP) is 5.00. The number of amides is 1. The molecule has 0 bridgehead atoms. The van der Waals surface area contributed by atoms with Crippen molar-refractivity contribution in [3.05, 3.63) is 45.9 Å². The van der Waals surface area contributed by atoms with Crippen LogP contribution in [0, 0.1) is 6.92 Å². The van der Waals surface area contributed by atoms with Gasteiger partial charge in [0.2, 0.25) is 6.04 Å². The highest BCUT2D eigenvalue weighted by Gasteiger charge is 2.24. The Hall–Kier alpha value is -2.64. The molecular formula is C19H19Cl2N3O4. The highest BCUT2D eigenvalue weighted by Crippen LogP contribution is 2.37. The zero-order valence-corrected chi connectivity index (χ0v) is 17.3. The molecule has 1 atom stereocenters. The second kappa shape index (κ2) is 9.52. The van der Waals surface area contributed by atoms with Crippen LogP contribution in [0.1, 0.15) is 12.5 Å². The number of ketones is 1. The van der Waals surface area contributed by atoms with Crippen LogP contribution in [0.2, 0.25) is 10.0 Å². The number of anilines is 1. The molecule has 28 heavy (non-hydrogen) atoms. The summed E-state index contributed by atoms with van der Waals surface area (Å²) in [5.41, 5.74) is 1.62. The lowest BCUT2D eigenvalue weighted by Crippen LogP contribution is -2.31. The van der Waals surface area contributed by atoms with E-state index in [1.807, 2.05) is 6.92 Å². The average Bonchev–Trinajstić information content (AvgIpc) is 2.65. The van der Waals surface area contributed by atoms with Crippen LogP contribution in [0.15, 0.2) is 40.6 Å². The fourth-order valence-electron chi connectivity index (χ4n) is 2.28. The highest BCUT2D eigenvalue weighted by molar-refractivity contribution is 6.33. The van der Waals surface area contributed by atoms with E-state index in [4.69, 9.17) is 32.7 Å². The van der Waals surface area contributed by atoms with Crippen molar-refractivity contribution in [3.63, 3.8) is 0 Å². The molecule has 2 aromatic carbocycles. The number of hydrogen-bond donors (Lipinski definition) is 1. The van der Waals surface area contributed by atoms with Gasteiger partial charge in [-0.3, -0.25) is 9.59 Å². The normalized spacial score (nSPS) is 11.9. The second-order valence-corrected chi connectivity index (χ2v) is 6.66. The van der Waals surface area contributed by atoms with Crippen LogP contribution < -0.4 is 14.8 Å². The molecule has 9 heteroatoms. The highest BCUT2D eigenvalue weighted by atomic mass is 35.5. The van der Waals surface area contributed by atoms with Crippen LogP contribution in [0.3, 0.4) is 0 Å². The maximum Gasteiger partial charge on any atom is 0.258 e. The third-order valence-electron chi connectivity index (χ3n) is 3.80. The van der Waals surface area contributed by atoms with Gasteiger partial charge in [0.25, 0.3) is 5.91 Å². The summed E-state index contributed by atoms with van der Waals surface area (Å²) in [6.45, 7) is 3.08. The van der Waals surface area contributed by atoms with Crippen molar-refractivity contribution in [2.75, 3.05) is 19.5 Å². The number of azo groups is 1. The Morgan fingerprint density at radius 3 is 2.21 bits per heavy atom. The lowest BCUT2D eigenvalue weighted by molar-refractivity contribution is -0.126. The third-order valence-corrected chi connectivity index (χ3v) is 4.41. The van der Waals surface area contributed by atoms with Gasteiger partial charge in [0, 0.05) is 22.8 Å². The van der Waals surface area contributed by atoms with Crippen molar-refractivity contribution in [2.24, 2.45) is 10.2 Å². The van der Waals surface area contributed by atoms with E-state index in [2.05, 4.69) is 15.5 Å². The average molecular weight is 424 g/mol. The zero-order valence-electron chi connectivity index (χ0n) is 15.7. The number of carbonyl (C=O) groups excluding carboxylic acids is 2. The molecule has 0 aromatic heterocycles. The molecule has 0 fully saturated rings. The summed E-state index contributed by atoms with van der Waals surface area (Å²) >= 11 is 12.1. The van der Waals surface area contributed by atoms with Gasteiger partial charge in [0.1, 0.15) is 16.5 Å². The molecule has 0 saturated carbocycles. The summed E-state index contributed by atoms with van der Waals surface area (Å²) in [7, 11) is 2.87. The molecule has 0 saturated heterocycles. The molecule has 7 nitrogen and oxygen atoms in total. The number of nitrogens with one attached hydrogen (secondary N) is 1. The van der Waals surface area contributed by atoms with Crippen LogP contribution in [0.5, 0.6) is 11.5 Å². The van der Waals surface area contributed by atoms with E-state index in [1.165, 1.54) is 33.3 Å². The van der Waals surface area contributed by atoms with Gasteiger partial charge in [-0.1, -0.05) is 29.3 Å². The first kappa shape index (κ1) is 21.7. The number of rotatable bonds is 7. The molecule has 148 valence electrons. The summed E-state index contributed by atoms with van der Waals surface area (Å²) in [6.07, 6.45) is 0.